The Kier molecular flexibility index (Phi) is 5.38. The Morgan fingerprint density at radius 1 is 1.23 bits per heavy atom. The van der Waals surface area contributed by atoms with Crippen molar-refractivity contribution >= 4 is 11.6 Å². The van der Waals surface area contributed by atoms with Gasteiger partial charge < -0.3 is 9.30 Å². The summed E-state index contributed by atoms with van der Waals surface area (Å²) in [6.07, 6.45) is 3.37. The number of ether oxygens (including phenoxy) is 1. The summed E-state index contributed by atoms with van der Waals surface area (Å²) in [5.41, 5.74) is 2.48. The molecule has 0 saturated carbocycles. The van der Waals surface area contributed by atoms with E-state index in [2.05, 4.69) is 4.98 Å². The molecule has 0 aliphatic carbocycles. The van der Waals surface area contributed by atoms with Crippen molar-refractivity contribution in [2.75, 3.05) is 0 Å². The maximum absolute atomic E-state index is 13.9. The number of halogens is 2. The molecule has 0 radical (unpaired) electrons. The molecule has 1 aromatic carbocycles. The molecular weight excluding hydrogens is 355 g/mol. The van der Waals surface area contributed by atoms with Gasteiger partial charge in [-0.05, 0) is 37.1 Å². The summed E-state index contributed by atoms with van der Waals surface area (Å²) in [6.45, 7) is 3.98. The molecule has 0 saturated heterocycles. The maximum atomic E-state index is 13.9. The van der Waals surface area contributed by atoms with E-state index in [0.717, 1.165) is 11.1 Å². The van der Waals surface area contributed by atoms with Gasteiger partial charge in [-0.2, -0.15) is 0 Å². The third-order valence-corrected chi connectivity index (χ3v) is 4.42. The molecule has 0 aliphatic heterocycles. The predicted molar refractivity (Wildman–Crippen MR) is 99.3 cm³/mol. The van der Waals surface area contributed by atoms with Crippen LogP contribution >= 0.6 is 11.6 Å². The molecule has 2 heterocycles. The quantitative estimate of drug-likeness (QED) is 0.671. The molecule has 134 valence electrons. The normalized spacial score (nSPS) is 10.8. The van der Waals surface area contributed by atoms with Crippen molar-refractivity contribution in [2.24, 2.45) is 0 Å². The highest BCUT2D eigenvalue weighted by molar-refractivity contribution is 6.31. The highest BCUT2D eigenvalue weighted by Gasteiger charge is 2.14. The Morgan fingerprint density at radius 3 is 2.73 bits per heavy atom. The Hall–Kier alpha value is -2.66. The van der Waals surface area contributed by atoms with Gasteiger partial charge in [0.05, 0.1) is 6.54 Å². The lowest BCUT2D eigenvalue weighted by atomic mass is 10.1. The van der Waals surface area contributed by atoms with Gasteiger partial charge in [0.15, 0.2) is 0 Å². The van der Waals surface area contributed by atoms with Crippen LogP contribution in [0, 0.1) is 19.7 Å². The molecule has 6 heteroatoms. The fraction of sp³-hybridized carbons (Fsp3) is 0.200. The van der Waals surface area contributed by atoms with Crippen LogP contribution in [0.15, 0.2) is 53.6 Å². The number of aryl methyl sites for hydroxylation is 2. The van der Waals surface area contributed by atoms with Gasteiger partial charge in [-0.15, -0.1) is 0 Å². The Bertz CT molecular complexity index is 987. The van der Waals surface area contributed by atoms with Gasteiger partial charge in [0.1, 0.15) is 23.2 Å². The summed E-state index contributed by atoms with van der Waals surface area (Å²) >= 11 is 6.20. The molecule has 0 spiro atoms. The van der Waals surface area contributed by atoms with Gasteiger partial charge in [0.25, 0.3) is 5.56 Å². The van der Waals surface area contributed by atoms with E-state index in [1.807, 2.05) is 19.1 Å². The smallest absolute Gasteiger partial charge is 0.273 e. The lowest BCUT2D eigenvalue weighted by Gasteiger charge is -2.14. The topological polar surface area (TPSA) is 44.1 Å². The van der Waals surface area contributed by atoms with Gasteiger partial charge >= 0.3 is 0 Å². The van der Waals surface area contributed by atoms with E-state index < -0.39 is 0 Å². The number of hydrogen-bond acceptors (Lipinski definition) is 3. The van der Waals surface area contributed by atoms with E-state index in [1.54, 1.807) is 42.1 Å². The first-order chi connectivity index (χ1) is 12.5. The van der Waals surface area contributed by atoms with Crippen molar-refractivity contribution in [3.63, 3.8) is 0 Å². The second-order valence-electron chi connectivity index (χ2n) is 6.10. The minimum absolute atomic E-state index is 0.00265. The first kappa shape index (κ1) is 18.1. The van der Waals surface area contributed by atoms with Crippen LogP contribution in [-0.2, 0) is 13.2 Å². The standard InChI is InChI=1S/C20H18ClFN2O2/c1-13-5-6-16(17(22)8-13)12-26-18-9-14(2)24(20(25)19(18)21)11-15-4-3-7-23-10-15/h3-10H,11-12H2,1-2H3. The first-order valence-electron chi connectivity index (χ1n) is 8.12. The molecule has 0 amide bonds. The van der Waals surface area contributed by atoms with Gasteiger partial charge in [-0.1, -0.05) is 29.8 Å². The lowest BCUT2D eigenvalue weighted by Crippen LogP contribution is -2.24. The van der Waals surface area contributed by atoms with Gasteiger partial charge in [-0.25, -0.2) is 4.39 Å². The molecule has 3 rings (SSSR count). The number of nitrogens with zero attached hydrogens (tertiary/aromatic N) is 2. The molecule has 0 N–H and O–H groups in total. The van der Waals surface area contributed by atoms with Crippen LogP contribution in [0.3, 0.4) is 0 Å². The highest BCUT2D eigenvalue weighted by Crippen LogP contribution is 2.24. The predicted octanol–water partition coefficient (Wildman–Crippen LogP) is 4.28. The molecule has 0 fully saturated rings. The van der Waals surface area contributed by atoms with Crippen LogP contribution in [0.25, 0.3) is 0 Å². The lowest BCUT2D eigenvalue weighted by molar-refractivity contribution is 0.298. The van der Waals surface area contributed by atoms with E-state index in [-0.39, 0.29) is 28.8 Å². The number of benzene rings is 1. The van der Waals surface area contributed by atoms with Gasteiger partial charge in [-0.3, -0.25) is 9.78 Å². The maximum Gasteiger partial charge on any atom is 0.273 e. The average molecular weight is 373 g/mol. The first-order valence-corrected chi connectivity index (χ1v) is 8.50. The zero-order valence-electron chi connectivity index (χ0n) is 14.5. The summed E-state index contributed by atoms with van der Waals surface area (Å²) in [6, 6.07) is 10.3. The molecule has 26 heavy (non-hydrogen) atoms. The summed E-state index contributed by atoms with van der Waals surface area (Å²) in [5, 5.41) is -0.0213. The van der Waals surface area contributed by atoms with Crippen molar-refractivity contribution in [1.29, 1.82) is 0 Å². The number of hydrogen-bond donors (Lipinski definition) is 0. The number of pyridine rings is 2. The monoisotopic (exact) mass is 372 g/mol. The van der Waals surface area contributed by atoms with E-state index in [1.165, 1.54) is 6.07 Å². The SMILES string of the molecule is Cc1ccc(COc2cc(C)n(Cc3cccnc3)c(=O)c2Cl)c(F)c1. The van der Waals surface area contributed by atoms with Crippen LogP contribution in [0.1, 0.15) is 22.4 Å². The second kappa shape index (κ2) is 7.70. The summed E-state index contributed by atoms with van der Waals surface area (Å²) < 4.78 is 21.1. The zero-order chi connectivity index (χ0) is 18.7. The zero-order valence-corrected chi connectivity index (χ0v) is 15.3. The molecule has 3 aromatic rings. The molecule has 0 bridgehead atoms. The van der Waals surface area contributed by atoms with Crippen LogP contribution in [0.4, 0.5) is 4.39 Å². The minimum Gasteiger partial charge on any atom is -0.487 e. The molecule has 0 aliphatic rings. The number of rotatable bonds is 5. The summed E-state index contributed by atoms with van der Waals surface area (Å²) in [7, 11) is 0. The summed E-state index contributed by atoms with van der Waals surface area (Å²) in [4.78, 5) is 16.6. The van der Waals surface area contributed by atoms with E-state index in [4.69, 9.17) is 16.3 Å². The van der Waals surface area contributed by atoms with Crippen LogP contribution in [-0.4, -0.2) is 9.55 Å². The highest BCUT2D eigenvalue weighted by atomic mass is 35.5. The molecule has 4 nitrogen and oxygen atoms in total. The number of aromatic nitrogens is 2. The van der Waals surface area contributed by atoms with Gasteiger partial charge in [0.2, 0.25) is 0 Å². The third kappa shape index (κ3) is 3.94. The Balaban J connectivity index is 1.84. The van der Waals surface area contributed by atoms with Crippen LogP contribution < -0.4 is 10.3 Å². The second-order valence-corrected chi connectivity index (χ2v) is 6.48. The van der Waals surface area contributed by atoms with E-state index >= 15 is 0 Å². The molecule has 2 aromatic heterocycles. The van der Waals surface area contributed by atoms with Crippen molar-refractivity contribution in [2.45, 2.75) is 27.0 Å². The van der Waals surface area contributed by atoms with Crippen molar-refractivity contribution in [3.05, 3.63) is 92.4 Å². The largest absolute Gasteiger partial charge is 0.487 e. The van der Waals surface area contributed by atoms with Crippen molar-refractivity contribution in [3.8, 4) is 5.75 Å². The molecular formula is C20H18ClFN2O2. The Labute approximate surface area is 155 Å². The molecule has 0 unspecified atom stereocenters. The Morgan fingerprint density at radius 2 is 2.04 bits per heavy atom. The van der Waals surface area contributed by atoms with E-state index in [0.29, 0.717) is 17.8 Å². The fourth-order valence-corrected chi connectivity index (χ4v) is 2.83. The fourth-order valence-electron chi connectivity index (χ4n) is 2.62. The average Bonchev–Trinajstić information content (AvgIpc) is 2.63. The third-order valence-electron chi connectivity index (χ3n) is 4.07. The summed E-state index contributed by atoms with van der Waals surface area (Å²) in [5.74, 6) is -0.0978. The molecule has 0 atom stereocenters. The van der Waals surface area contributed by atoms with Crippen molar-refractivity contribution in [1.82, 2.24) is 9.55 Å². The minimum atomic E-state index is -0.352. The van der Waals surface area contributed by atoms with Crippen LogP contribution in [0.2, 0.25) is 5.02 Å². The van der Waals surface area contributed by atoms with Crippen molar-refractivity contribution < 1.29 is 9.13 Å². The van der Waals surface area contributed by atoms with Crippen LogP contribution in [0.5, 0.6) is 5.75 Å². The van der Waals surface area contributed by atoms with Gasteiger partial charge in [0, 0.05) is 29.7 Å². The van der Waals surface area contributed by atoms with E-state index in [9.17, 15) is 9.18 Å².